The summed E-state index contributed by atoms with van der Waals surface area (Å²) in [6.45, 7) is 9.15. The number of rotatable bonds is 12. The van der Waals surface area contributed by atoms with Crippen molar-refractivity contribution in [1.82, 2.24) is 24.3 Å². The number of likely N-dealkylation sites (tertiary alicyclic amines) is 1. The summed E-state index contributed by atoms with van der Waals surface area (Å²) in [6, 6.07) is 14.2. The molecular formula is C36H45ClFN7O. The van der Waals surface area contributed by atoms with Crippen molar-refractivity contribution in [2.75, 3.05) is 20.1 Å². The molecule has 0 spiro atoms. The maximum absolute atomic E-state index is 15.2. The lowest BCUT2D eigenvalue weighted by molar-refractivity contribution is 0.104. The maximum Gasteiger partial charge on any atom is 0.354 e. The largest absolute Gasteiger partial charge is 0.357 e. The van der Waals surface area contributed by atoms with Gasteiger partial charge in [0.05, 0.1) is 22.2 Å². The minimum Gasteiger partial charge on any atom is -0.357 e. The molecule has 0 saturated carbocycles. The van der Waals surface area contributed by atoms with Crippen molar-refractivity contribution in [3.8, 4) is 16.9 Å². The molecule has 46 heavy (non-hydrogen) atoms. The number of benzene rings is 2. The van der Waals surface area contributed by atoms with E-state index >= 15 is 4.39 Å². The van der Waals surface area contributed by atoms with Crippen LogP contribution in [0.1, 0.15) is 69.5 Å². The van der Waals surface area contributed by atoms with Crippen LogP contribution in [0.3, 0.4) is 0 Å². The molecule has 3 heterocycles. The monoisotopic (exact) mass is 645 g/mol. The third kappa shape index (κ3) is 7.60. The van der Waals surface area contributed by atoms with Gasteiger partial charge in [0.25, 0.3) is 0 Å². The van der Waals surface area contributed by atoms with E-state index in [1.807, 2.05) is 32.1 Å². The van der Waals surface area contributed by atoms with E-state index in [1.165, 1.54) is 10.1 Å². The first kappa shape index (κ1) is 33.6. The second-order valence-corrected chi connectivity index (χ2v) is 13.1. The number of aromatic nitrogens is 3. The van der Waals surface area contributed by atoms with Crippen molar-refractivity contribution in [1.29, 1.82) is 5.41 Å². The first-order valence-corrected chi connectivity index (χ1v) is 16.5. The Morgan fingerprint density at radius 2 is 2.04 bits per heavy atom. The summed E-state index contributed by atoms with van der Waals surface area (Å²) in [4.78, 5) is 25.1. The first-order valence-electron chi connectivity index (χ1n) is 16.1. The molecule has 1 saturated heterocycles. The Morgan fingerprint density at radius 1 is 1.28 bits per heavy atom. The number of halogens is 2. The molecule has 2 aromatic heterocycles. The van der Waals surface area contributed by atoms with E-state index < -0.39 is 11.5 Å². The summed E-state index contributed by atoms with van der Waals surface area (Å²) in [5.41, 5.74) is 9.58. The van der Waals surface area contributed by atoms with E-state index in [0.717, 1.165) is 57.1 Å². The molecule has 4 aromatic rings. The Hall–Kier alpha value is -3.79. The van der Waals surface area contributed by atoms with Crippen LogP contribution >= 0.6 is 11.6 Å². The van der Waals surface area contributed by atoms with Crippen LogP contribution in [0, 0.1) is 11.2 Å². The molecule has 1 fully saturated rings. The number of H-pyrrole nitrogens is 1. The van der Waals surface area contributed by atoms with E-state index in [-0.39, 0.29) is 17.1 Å². The molecule has 5 rings (SSSR count). The topological polar surface area (TPSA) is 107 Å². The fraction of sp³-hybridized carbons (Fsp3) is 0.417. The number of piperidine rings is 1. The van der Waals surface area contributed by atoms with Gasteiger partial charge in [-0.3, -0.25) is 14.9 Å². The highest BCUT2D eigenvalue weighted by atomic mass is 35.5. The average Bonchev–Trinajstić information content (AvgIpc) is 3.43. The number of hydrogen-bond acceptors (Lipinski definition) is 5. The Bertz CT molecular complexity index is 1750. The molecule has 0 amide bonds. The Kier molecular flexibility index (Phi) is 10.8. The Balaban J connectivity index is 1.34. The van der Waals surface area contributed by atoms with Crippen molar-refractivity contribution in [3.63, 3.8) is 0 Å². The van der Waals surface area contributed by atoms with Gasteiger partial charge in [-0.1, -0.05) is 29.8 Å². The van der Waals surface area contributed by atoms with Crippen LogP contribution in [0.2, 0.25) is 5.02 Å². The number of hydrogen-bond donors (Lipinski definition) is 3. The van der Waals surface area contributed by atoms with Gasteiger partial charge in [0.2, 0.25) is 0 Å². The number of aromatic amines is 1. The zero-order valence-corrected chi connectivity index (χ0v) is 27.8. The summed E-state index contributed by atoms with van der Waals surface area (Å²) in [5.74, 6) is 0.0580. The molecule has 0 aliphatic carbocycles. The lowest BCUT2D eigenvalue weighted by Gasteiger charge is -2.41. The zero-order valence-electron chi connectivity index (χ0n) is 27.0. The molecule has 8 nitrogen and oxygen atoms in total. The summed E-state index contributed by atoms with van der Waals surface area (Å²) >= 11 is 6.28. The summed E-state index contributed by atoms with van der Waals surface area (Å²) in [7, 11) is 2.19. The second-order valence-electron chi connectivity index (χ2n) is 12.7. The second kappa shape index (κ2) is 14.8. The van der Waals surface area contributed by atoms with E-state index in [1.54, 1.807) is 24.4 Å². The van der Waals surface area contributed by atoms with Crippen LogP contribution < -0.4 is 11.4 Å². The van der Waals surface area contributed by atoms with Crippen LogP contribution in [-0.4, -0.2) is 62.4 Å². The molecule has 3 atom stereocenters. The number of aryl methyl sites for hydroxylation is 1. The highest BCUT2D eigenvalue weighted by molar-refractivity contribution is 6.31. The van der Waals surface area contributed by atoms with Gasteiger partial charge < -0.3 is 15.6 Å². The van der Waals surface area contributed by atoms with Gasteiger partial charge in [0.15, 0.2) is 5.82 Å². The third-order valence-corrected chi connectivity index (χ3v) is 9.48. The molecule has 2 aromatic carbocycles. The number of nitrogens with one attached hydrogen (secondary N) is 2. The summed E-state index contributed by atoms with van der Waals surface area (Å²) in [6.07, 6.45) is 10.4. The fourth-order valence-electron chi connectivity index (χ4n) is 6.61. The van der Waals surface area contributed by atoms with Crippen molar-refractivity contribution in [2.24, 2.45) is 5.73 Å². The molecule has 244 valence electrons. The van der Waals surface area contributed by atoms with Crippen LogP contribution in [0.15, 0.2) is 66.1 Å². The molecule has 10 heteroatoms. The van der Waals surface area contributed by atoms with E-state index in [9.17, 15) is 4.79 Å². The minimum atomic E-state index is -0.510. The number of nitrogens with zero attached hydrogens (tertiary/aromatic N) is 4. The molecule has 1 aliphatic rings. The van der Waals surface area contributed by atoms with E-state index in [0.29, 0.717) is 46.4 Å². The van der Waals surface area contributed by atoms with E-state index in [2.05, 4.69) is 45.5 Å². The molecule has 4 N–H and O–H groups in total. The average molecular weight is 646 g/mol. The van der Waals surface area contributed by atoms with Crippen LogP contribution in [0.25, 0.3) is 28.0 Å². The zero-order chi connectivity index (χ0) is 33.0. The Morgan fingerprint density at radius 3 is 2.74 bits per heavy atom. The van der Waals surface area contributed by atoms with Crippen molar-refractivity contribution in [3.05, 3.63) is 93.8 Å². The van der Waals surface area contributed by atoms with Gasteiger partial charge in [-0.05, 0) is 107 Å². The highest BCUT2D eigenvalue weighted by Crippen LogP contribution is 2.35. The van der Waals surface area contributed by atoms with Gasteiger partial charge in [-0.15, -0.1) is 6.58 Å². The summed E-state index contributed by atoms with van der Waals surface area (Å²) < 4.78 is 16.7. The number of fused-ring (bicyclic) bond motifs is 1. The maximum atomic E-state index is 15.2. The van der Waals surface area contributed by atoms with Crippen molar-refractivity contribution in [2.45, 2.75) is 76.9 Å². The van der Waals surface area contributed by atoms with Gasteiger partial charge in [0, 0.05) is 48.4 Å². The predicted molar refractivity (Wildman–Crippen MR) is 187 cm³/mol. The van der Waals surface area contributed by atoms with Crippen LogP contribution in [0.5, 0.6) is 0 Å². The van der Waals surface area contributed by atoms with Gasteiger partial charge in [-0.2, -0.15) is 4.98 Å². The quantitative estimate of drug-likeness (QED) is 0.0855. The smallest absolute Gasteiger partial charge is 0.354 e. The van der Waals surface area contributed by atoms with Gasteiger partial charge in [0.1, 0.15) is 5.65 Å². The SMILES string of the molecule is C=CCN(CC[C@@H]1CCC[C@@H](c2ccc(-n3cc4cc(-c5cc(CCC[C@H](C)N)cc(Cl)c5F)[nH]c4nc3=O)cc2)N1C)C(C)=N. The van der Waals surface area contributed by atoms with Crippen molar-refractivity contribution >= 4 is 28.5 Å². The molecular weight excluding hydrogens is 601 g/mol. The van der Waals surface area contributed by atoms with Gasteiger partial charge >= 0.3 is 5.69 Å². The first-order chi connectivity index (χ1) is 22.0. The van der Waals surface area contributed by atoms with Crippen LogP contribution in [0.4, 0.5) is 4.39 Å². The molecule has 1 aliphatic heterocycles. The fourth-order valence-corrected chi connectivity index (χ4v) is 6.85. The number of nitrogens with two attached hydrogens (primary N) is 1. The Labute approximate surface area is 275 Å². The highest BCUT2D eigenvalue weighted by Gasteiger charge is 2.29. The van der Waals surface area contributed by atoms with E-state index in [4.69, 9.17) is 22.7 Å². The summed E-state index contributed by atoms with van der Waals surface area (Å²) in [5, 5.41) is 8.81. The lowest BCUT2D eigenvalue weighted by Crippen LogP contribution is -2.41. The minimum absolute atomic E-state index is 0.0608. The third-order valence-electron chi connectivity index (χ3n) is 9.21. The lowest BCUT2D eigenvalue weighted by atomic mass is 9.90. The normalized spacial score (nSPS) is 17.7. The standard InChI is InChI=1S/C36H45ClFN7O/c1-5-17-44(24(3)40)18-16-28-10-7-11-33(43(28)4)26-12-14-29(15-13-26)45-22-27-21-32(41-35(27)42-36(45)46)30-19-25(9-6-8-23(2)39)20-31(37)34(30)38/h5,12-15,19-23,28,33,40H,1,6-11,16-18,39H2,2-4H3,(H,41,42,46)/t23-,28-,33-/m0/s1. The molecule has 0 radical (unpaired) electrons. The van der Waals surface area contributed by atoms with Crippen molar-refractivity contribution < 1.29 is 4.39 Å². The number of amidine groups is 1. The molecule has 0 unspecified atom stereocenters. The molecule has 0 bridgehead atoms. The predicted octanol–water partition coefficient (Wildman–Crippen LogP) is 7.24. The van der Waals surface area contributed by atoms with Crippen LogP contribution in [-0.2, 0) is 6.42 Å². The van der Waals surface area contributed by atoms with Gasteiger partial charge in [-0.25, -0.2) is 9.18 Å².